The monoisotopic (exact) mass is 300 g/mol. The van der Waals surface area contributed by atoms with Crippen LogP contribution in [0.5, 0.6) is 0 Å². The minimum atomic E-state index is -0.587. The van der Waals surface area contributed by atoms with Crippen LogP contribution in [0.3, 0.4) is 0 Å². The van der Waals surface area contributed by atoms with Gasteiger partial charge >= 0.3 is 12.0 Å². The molecular weight excluding hydrogens is 272 g/mol. The van der Waals surface area contributed by atoms with Gasteiger partial charge in [0.15, 0.2) is 0 Å². The highest BCUT2D eigenvalue weighted by Crippen LogP contribution is 2.27. The Kier molecular flexibility index (Phi) is 6.95. The minimum absolute atomic E-state index is 0.149. The highest BCUT2D eigenvalue weighted by Gasteiger charge is 2.27. The maximum Gasteiger partial charge on any atom is 0.328 e. The molecule has 0 aromatic rings. The highest BCUT2D eigenvalue weighted by molar-refractivity contribution is 5.83. The first-order chi connectivity index (χ1) is 9.89. The van der Waals surface area contributed by atoms with Crippen molar-refractivity contribution in [3.8, 4) is 0 Å². The Hall–Kier alpha value is -1.30. The first-order valence-corrected chi connectivity index (χ1v) is 7.60. The van der Waals surface area contributed by atoms with Crippen molar-refractivity contribution in [2.24, 2.45) is 5.41 Å². The van der Waals surface area contributed by atoms with Gasteiger partial charge < -0.3 is 19.7 Å². The number of carbonyl (C=O) groups excluding carboxylic acids is 2. The predicted octanol–water partition coefficient (Wildman–Crippen LogP) is 1.79. The molecule has 1 N–H and O–H groups in total. The van der Waals surface area contributed by atoms with Crippen LogP contribution in [0.25, 0.3) is 0 Å². The van der Waals surface area contributed by atoms with Crippen LogP contribution in [0.1, 0.15) is 40.0 Å². The van der Waals surface area contributed by atoms with Gasteiger partial charge in [-0.3, -0.25) is 0 Å². The van der Waals surface area contributed by atoms with Gasteiger partial charge in [-0.25, -0.2) is 9.59 Å². The second-order valence-electron chi connectivity index (χ2n) is 6.18. The number of nitrogens with one attached hydrogen (secondary N) is 1. The van der Waals surface area contributed by atoms with Gasteiger partial charge in [0.25, 0.3) is 0 Å². The van der Waals surface area contributed by atoms with Crippen molar-refractivity contribution < 1.29 is 19.1 Å². The fourth-order valence-electron chi connectivity index (χ4n) is 2.11. The molecule has 0 saturated carbocycles. The normalized spacial score (nSPS) is 17.2. The molecule has 1 heterocycles. The third-order valence-corrected chi connectivity index (χ3v) is 4.15. The van der Waals surface area contributed by atoms with E-state index in [1.165, 1.54) is 7.11 Å². The zero-order valence-corrected chi connectivity index (χ0v) is 13.6. The summed E-state index contributed by atoms with van der Waals surface area (Å²) in [7, 11) is 1.35. The van der Waals surface area contributed by atoms with Crippen LogP contribution < -0.4 is 5.32 Å². The molecule has 0 aliphatic carbocycles. The van der Waals surface area contributed by atoms with E-state index >= 15 is 0 Å². The summed E-state index contributed by atoms with van der Waals surface area (Å²) in [6.07, 6.45) is 2.47. The van der Waals surface area contributed by atoms with Crippen molar-refractivity contribution in [3.63, 3.8) is 0 Å². The topological polar surface area (TPSA) is 67.9 Å². The van der Waals surface area contributed by atoms with E-state index in [9.17, 15) is 9.59 Å². The maximum atomic E-state index is 12.2. The van der Waals surface area contributed by atoms with Gasteiger partial charge in [-0.1, -0.05) is 27.2 Å². The first kappa shape index (κ1) is 17.8. The molecule has 6 nitrogen and oxygen atoms in total. The second kappa shape index (κ2) is 8.22. The Labute approximate surface area is 127 Å². The number of methoxy groups -OCH3 is 1. The van der Waals surface area contributed by atoms with E-state index in [1.807, 2.05) is 0 Å². The fourth-order valence-corrected chi connectivity index (χ4v) is 2.11. The van der Waals surface area contributed by atoms with E-state index in [0.717, 1.165) is 12.8 Å². The Morgan fingerprint density at radius 3 is 2.48 bits per heavy atom. The third-order valence-electron chi connectivity index (χ3n) is 4.15. The van der Waals surface area contributed by atoms with Crippen LogP contribution in [-0.2, 0) is 14.3 Å². The number of ether oxygens (including phenoxy) is 2. The molecule has 1 rings (SSSR count). The molecule has 1 fully saturated rings. The minimum Gasteiger partial charge on any atom is -0.467 e. The van der Waals surface area contributed by atoms with Gasteiger partial charge in [0.05, 0.1) is 20.3 Å². The van der Waals surface area contributed by atoms with Crippen LogP contribution in [0.4, 0.5) is 4.79 Å². The van der Waals surface area contributed by atoms with Crippen LogP contribution >= 0.6 is 0 Å². The molecule has 1 atom stereocenters. The number of hydrogen-bond donors (Lipinski definition) is 1. The smallest absolute Gasteiger partial charge is 0.328 e. The molecule has 0 bridgehead atoms. The standard InChI is InChI=1S/C15H28N2O4/c1-5-15(2,3)7-6-12(13(18)20-4)16-14(19)17-8-10-21-11-9-17/h12H,5-11H2,1-4H3,(H,16,19)/t12-/m0/s1. The summed E-state index contributed by atoms with van der Waals surface area (Å²) < 4.78 is 10.0. The van der Waals surface area contributed by atoms with E-state index in [-0.39, 0.29) is 17.4 Å². The summed E-state index contributed by atoms with van der Waals surface area (Å²) in [5.74, 6) is -0.386. The number of morpholine rings is 1. The summed E-state index contributed by atoms with van der Waals surface area (Å²) in [6.45, 7) is 8.63. The van der Waals surface area contributed by atoms with E-state index in [2.05, 4.69) is 26.1 Å². The molecule has 1 aliphatic heterocycles. The number of rotatable bonds is 6. The lowest BCUT2D eigenvalue weighted by Crippen LogP contribution is -2.51. The van der Waals surface area contributed by atoms with Crippen molar-refractivity contribution >= 4 is 12.0 Å². The number of carbonyl (C=O) groups is 2. The van der Waals surface area contributed by atoms with Crippen molar-refractivity contribution in [1.29, 1.82) is 0 Å². The summed E-state index contributed by atoms with van der Waals surface area (Å²) in [4.78, 5) is 25.7. The van der Waals surface area contributed by atoms with E-state index in [4.69, 9.17) is 9.47 Å². The van der Waals surface area contributed by atoms with Crippen molar-refractivity contribution in [3.05, 3.63) is 0 Å². The van der Waals surface area contributed by atoms with E-state index < -0.39 is 6.04 Å². The molecule has 0 unspecified atom stereocenters. The molecule has 1 saturated heterocycles. The SMILES string of the molecule is CCC(C)(C)CC[C@H](NC(=O)N1CCOCC1)C(=O)OC. The Balaban J connectivity index is 2.56. The quantitative estimate of drug-likeness (QED) is 0.759. The van der Waals surface area contributed by atoms with E-state index in [1.54, 1.807) is 4.90 Å². The fraction of sp³-hybridized carbons (Fsp3) is 0.867. The highest BCUT2D eigenvalue weighted by atomic mass is 16.5. The summed E-state index contributed by atoms with van der Waals surface area (Å²) in [6, 6.07) is -0.806. The van der Waals surface area contributed by atoms with Crippen molar-refractivity contribution in [2.45, 2.75) is 46.1 Å². The number of hydrogen-bond acceptors (Lipinski definition) is 4. The molecule has 1 aliphatic rings. The summed E-state index contributed by atoms with van der Waals surface area (Å²) >= 11 is 0. The Morgan fingerprint density at radius 2 is 1.95 bits per heavy atom. The average molecular weight is 300 g/mol. The summed E-state index contributed by atoms with van der Waals surface area (Å²) in [5.41, 5.74) is 0.149. The number of esters is 1. The zero-order valence-electron chi connectivity index (χ0n) is 13.6. The van der Waals surface area contributed by atoms with Crippen LogP contribution in [0.15, 0.2) is 0 Å². The lowest BCUT2D eigenvalue weighted by molar-refractivity contribution is -0.143. The second-order valence-corrected chi connectivity index (χ2v) is 6.18. The number of urea groups is 1. The number of amides is 2. The molecule has 0 radical (unpaired) electrons. The molecule has 0 aromatic heterocycles. The molecule has 0 aromatic carbocycles. The summed E-state index contributed by atoms with van der Waals surface area (Å²) in [5, 5.41) is 2.79. The zero-order chi connectivity index (χ0) is 15.9. The van der Waals surface area contributed by atoms with Crippen LogP contribution in [-0.4, -0.2) is 56.4 Å². The van der Waals surface area contributed by atoms with E-state index in [0.29, 0.717) is 32.7 Å². The van der Waals surface area contributed by atoms with Crippen LogP contribution in [0.2, 0.25) is 0 Å². The molecule has 2 amide bonds. The maximum absolute atomic E-state index is 12.2. The Morgan fingerprint density at radius 1 is 1.33 bits per heavy atom. The van der Waals surface area contributed by atoms with Crippen LogP contribution in [0, 0.1) is 5.41 Å². The molecular formula is C15H28N2O4. The van der Waals surface area contributed by atoms with Gasteiger partial charge in [0.1, 0.15) is 6.04 Å². The van der Waals surface area contributed by atoms with Gasteiger partial charge in [0.2, 0.25) is 0 Å². The van der Waals surface area contributed by atoms with Gasteiger partial charge in [-0.15, -0.1) is 0 Å². The van der Waals surface area contributed by atoms with Gasteiger partial charge in [0, 0.05) is 13.1 Å². The molecule has 122 valence electrons. The van der Waals surface area contributed by atoms with Crippen molar-refractivity contribution in [1.82, 2.24) is 10.2 Å². The molecule has 21 heavy (non-hydrogen) atoms. The molecule has 0 spiro atoms. The molecule has 6 heteroatoms. The lowest BCUT2D eigenvalue weighted by Gasteiger charge is -2.30. The number of nitrogens with zero attached hydrogens (tertiary/aromatic N) is 1. The third kappa shape index (κ3) is 5.91. The predicted molar refractivity (Wildman–Crippen MR) is 80.0 cm³/mol. The lowest BCUT2D eigenvalue weighted by atomic mass is 9.84. The van der Waals surface area contributed by atoms with Crippen molar-refractivity contribution in [2.75, 3.05) is 33.4 Å². The Bertz CT molecular complexity index is 352. The van der Waals surface area contributed by atoms with Gasteiger partial charge in [-0.05, 0) is 18.3 Å². The largest absolute Gasteiger partial charge is 0.467 e. The first-order valence-electron chi connectivity index (χ1n) is 7.60. The average Bonchev–Trinajstić information content (AvgIpc) is 2.51. The van der Waals surface area contributed by atoms with Gasteiger partial charge in [-0.2, -0.15) is 0 Å².